The van der Waals surface area contributed by atoms with E-state index in [-0.39, 0.29) is 17.1 Å². The smallest absolute Gasteiger partial charge is 0.269 e. The molecule has 196 valence electrons. The second kappa shape index (κ2) is 12.2. The first kappa shape index (κ1) is 26.6. The molecule has 0 aromatic heterocycles. The average molecular weight is 526 g/mol. The third kappa shape index (κ3) is 6.85. The van der Waals surface area contributed by atoms with Gasteiger partial charge in [0.05, 0.1) is 16.9 Å². The van der Waals surface area contributed by atoms with Crippen molar-refractivity contribution >= 4 is 15.7 Å². The highest BCUT2D eigenvalue weighted by atomic mass is 32.2. The summed E-state index contributed by atoms with van der Waals surface area (Å²) in [6.07, 6.45) is 2.21. The van der Waals surface area contributed by atoms with Gasteiger partial charge in [0, 0.05) is 31.8 Å². The number of hydrogen-bond donors (Lipinski definition) is 0. The molecule has 0 atom stereocenters. The summed E-state index contributed by atoms with van der Waals surface area (Å²) in [5, 5.41) is 11.0. The van der Waals surface area contributed by atoms with Gasteiger partial charge < -0.3 is 14.4 Å². The first-order valence-electron chi connectivity index (χ1n) is 12.2. The van der Waals surface area contributed by atoms with Gasteiger partial charge in [-0.1, -0.05) is 36.4 Å². The summed E-state index contributed by atoms with van der Waals surface area (Å²) in [5.74, 6) is 1.08. The Labute approximate surface area is 217 Å². The second-order valence-corrected chi connectivity index (χ2v) is 10.8. The fourth-order valence-corrected chi connectivity index (χ4v) is 5.72. The second-order valence-electron chi connectivity index (χ2n) is 8.90. The van der Waals surface area contributed by atoms with Crippen molar-refractivity contribution in [3.8, 4) is 11.5 Å². The maximum atomic E-state index is 13.6. The Morgan fingerprint density at radius 2 is 1.65 bits per heavy atom. The zero-order valence-corrected chi connectivity index (χ0v) is 21.6. The molecule has 3 aromatic carbocycles. The lowest BCUT2D eigenvalue weighted by Gasteiger charge is -2.25. The van der Waals surface area contributed by atoms with Gasteiger partial charge in [-0.05, 0) is 61.3 Å². The number of sulfonamides is 1. The van der Waals surface area contributed by atoms with Crippen LogP contribution in [-0.4, -0.2) is 55.8 Å². The minimum atomic E-state index is -3.91. The highest BCUT2D eigenvalue weighted by molar-refractivity contribution is 7.89. The van der Waals surface area contributed by atoms with Gasteiger partial charge in [-0.2, -0.15) is 4.31 Å². The van der Waals surface area contributed by atoms with Crippen LogP contribution in [-0.2, 0) is 23.2 Å². The lowest BCUT2D eigenvalue weighted by molar-refractivity contribution is -0.384. The highest BCUT2D eigenvalue weighted by Crippen LogP contribution is 2.30. The van der Waals surface area contributed by atoms with Gasteiger partial charge in [-0.3, -0.25) is 10.1 Å². The standard InChI is InChI=1S/C27H31N3O6S/c1-35-26-14-9-23(19-27(26)36-21-22-7-3-2-4-8-22)20-29(18-17-28-15-5-6-16-28)37(33,34)25-12-10-24(11-13-25)30(31)32/h2-4,7-14,19H,5-6,15-18,20-21H2,1H3. The molecule has 0 unspecified atom stereocenters. The average Bonchev–Trinajstić information content (AvgIpc) is 3.44. The van der Waals surface area contributed by atoms with Gasteiger partial charge >= 0.3 is 0 Å². The molecule has 1 aliphatic heterocycles. The minimum absolute atomic E-state index is 0.0218. The number of ether oxygens (including phenoxy) is 2. The predicted octanol–water partition coefficient (Wildman–Crippen LogP) is 4.47. The highest BCUT2D eigenvalue weighted by Gasteiger charge is 2.27. The fraction of sp³-hybridized carbons (Fsp3) is 0.333. The zero-order valence-electron chi connectivity index (χ0n) is 20.8. The lowest BCUT2D eigenvalue weighted by atomic mass is 10.2. The van der Waals surface area contributed by atoms with E-state index >= 15 is 0 Å². The van der Waals surface area contributed by atoms with Gasteiger partial charge in [-0.25, -0.2) is 8.42 Å². The Morgan fingerprint density at radius 3 is 2.30 bits per heavy atom. The number of nitro benzene ring substituents is 1. The van der Waals surface area contributed by atoms with Crippen molar-refractivity contribution in [2.24, 2.45) is 0 Å². The third-order valence-electron chi connectivity index (χ3n) is 6.37. The van der Waals surface area contributed by atoms with Crippen LogP contribution in [0.2, 0.25) is 0 Å². The number of likely N-dealkylation sites (tertiary alicyclic amines) is 1. The van der Waals surface area contributed by atoms with Crippen molar-refractivity contribution < 1.29 is 22.8 Å². The van der Waals surface area contributed by atoms with E-state index in [1.807, 2.05) is 36.4 Å². The maximum absolute atomic E-state index is 13.6. The molecule has 1 saturated heterocycles. The number of methoxy groups -OCH3 is 1. The quantitative estimate of drug-likeness (QED) is 0.254. The Hall–Kier alpha value is -3.47. The number of non-ortho nitro benzene ring substituents is 1. The van der Waals surface area contributed by atoms with Crippen LogP contribution in [0.1, 0.15) is 24.0 Å². The Bertz CT molecular complexity index is 1290. The van der Waals surface area contributed by atoms with E-state index in [1.54, 1.807) is 19.2 Å². The summed E-state index contributed by atoms with van der Waals surface area (Å²) < 4.78 is 40.1. The molecule has 1 heterocycles. The van der Waals surface area contributed by atoms with Crippen LogP contribution in [0.5, 0.6) is 11.5 Å². The van der Waals surface area contributed by atoms with Crippen molar-refractivity contribution in [3.05, 3.63) is 94.0 Å². The molecular formula is C27H31N3O6S. The van der Waals surface area contributed by atoms with Crippen molar-refractivity contribution in [1.29, 1.82) is 0 Å². The van der Waals surface area contributed by atoms with Gasteiger partial charge in [0.25, 0.3) is 5.69 Å². The molecule has 0 radical (unpaired) electrons. The maximum Gasteiger partial charge on any atom is 0.269 e. The Morgan fingerprint density at radius 1 is 0.946 bits per heavy atom. The van der Waals surface area contributed by atoms with Gasteiger partial charge in [0.1, 0.15) is 6.61 Å². The van der Waals surface area contributed by atoms with E-state index in [0.29, 0.717) is 31.2 Å². The van der Waals surface area contributed by atoms with Crippen molar-refractivity contribution in [2.45, 2.75) is 30.9 Å². The topological polar surface area (TPSA) is 102 Å². The Balaban J connectivity index is 1.58. The number of nitrogens with zero attached hydrogens (tertiary/aromatic N) is 3. The molecule has 37 heavy (non-hydrogen) atoms. The molecule has 0 amide bonds. The summed E-state index contributed by atoms with van der Waals surface area (Å²) >= 11 is 0. The van der Waals surface area contributed by atoms with Crippen molar-refractivity contribution in [2.75, 3.05) is 33.3 Å². The van der Waals surface area contributed by atoms with E-state index in [2.05, 4.69) is 4.90 Å². The lowest BCUT2D eigenvalue weighted by Crippen LogP contribution is -2.37. The summed E-state index contributed by atoms with van der Waals surface area (Å²) in [6, 6.07) is 20.2. The molecule has 0 saturated carbocycles. The number of hydrogen-bond acceptors (Lipinski definition) is 7. The first-order valence-corrected chi connectivity index (χ1v) is 13.6. The largest absolute Gasteiger partial charge is 0.493 e. The van der Waals surface area contributed by atoms with E-state index in [9.17, 15) is 18.5 Å². The summed E-state index contributed by atoms with van der Waals surface area (Å²) in [4.78, 5) is 12.8. The van der Waals surface area contributed by atoms with Gasteiger partial charge in [0.15, 0.2) is 11.5 Å². The predicted molar refractivity (Wildman–Crippen MR) is 140 cm³/mol. The monoisotopic (exact) mass is 525 g/mol. The molecule has 10 heteroatoms. The fourth-order valence-electron chi connectivity index (χ4n) is 4.30. The van der Waals surface area contributed by atoms with E-state index in [0.717, 1.165) is 37.1 Å². The van der Waals surface area contributed by atoms with E-state index in [1.165, 1.54) is 28.6 Å². The van der Waals surface area contributed by atoms with Crippen LogP contribution < -0.4 is 9.47 Å². The number of benzene rings is 3. The molecule has 0 spiro atoms. The van der Waals surface area contributed by atoms with E-state index in [4.69, 9.17) is 9.47 Å². The Kier molecular flexibility index (Phi) is 8.75. The number of nitro groups is 1. The third-order valence-corrected chi connectivity index (χ3v) is 8.23. The summed E-state index contributed by atoms with van der Waals surface area (Å²) in [7, 11) is -2.34. The van der Waals surface area contributed by atoms with Crippen LogP contribution in [0, 0.1) is 10.1 Å². The van der Waals surface area contributed by atoms with Crippen molar-refractivity contribution in [1.82, 2.24) is 9.21 Å². The summed E-state index contributed by atoms with van der Waals surface area (Å²) in [6.45, 7) is 3.28. The van der Waals surface area contributed by atoms with Crippen LogP contribution in [0.15, 0.2) is 77.7 Å². The minimum Gasteiger partial charge on any atom is -0.493 e. The van der Waals surface area contributed by atoms with Crippen LogP contribution in [0.4, 0.5) is 5.69 Å². The molecule has 0 aliphatic carbocycles. The molecule has 1 fully saturated rings. The van der Waals surface area contributed by atoms with Gasteiger partial charge in [0.2, 0.25) is 10.0 Å². The molecule has 4 rings (SSSR count). The number of rotatable bonds is 12. The van der Waals surface area contributed by atoms with Gasteiger partial charge in [-0.15, -0.1) is 0 Å². The van der Waals surface area contributed by atoms with Crippen LogP contribution in [0.25, 0.3) is 0 Å². The molecule has 9 nitrogen and oxygen atoms in total. The normalized spacial score (nSPS) is 14.1. The van der Waals surface area contributed by atoms with Crippen molar-refractivity contribution in [3.63, 3.8) is 0 Å². The van der Waals surface area contributed by atoms with Crippen LogP contribution in [0.3, 0.4) is 0 Å². The molecule has 1 aliphatic rings. The van der Waals surface area contributed by atoms with E-state index < -0.39 is 14.9 Å². The molecular weight excluding hydrogens is 494 g/mol. The SMILES string of the molecule is COc1ccc(CN(CCN2CCCC2)S(=O)(=O)c2ccc([N+](=O)[O-])cc2)cc1OCc1ccccc1. The van der Waals surface area contributed by atoms with Crippen LogP contribution >= 0.6 is 0 Å². The molecule has 0 bridgehead atoms. The first-order chi connectivity index (χ1) is 17.9. The summed E-state index contributed by atoms with van der Waals surface area (Å²) in [5.41, 5.74) is 1.59. The molecule has 0 N–H and O–H groups in total. The zero-order chi connectivity index (χ0) is 26.3. The molecule has 3 aromatic rings.